The van der Waals surface area contributed by atoms with Crippen molar-refractivity contribution in [1.82, 2.24) is 0 Å². The number of benzene rings is 1. The summed E-state index contributed by atoms with van der Waals surface area (Å²) in [6.45, 7) is 5.57. The van der Waals surface area contributed by atoms with E-state index in [0.717, 1.165) is 23.7 Å². The van der Waals surface area contributed by atoms with Crippen molar-refractivity contribution in [2.75, 3.05) is 37.9 Å². The predicted octanol–water partition coefficient (Wildman–Crippen LogP) is 2.14. The number of ether oxygens (including phenoxy) is 2. The largest absolute Gasteiger partial charge is 0.497 e. The van der Waals surface area contributed by atoms with Crippen LogP contribution in [0.2, 0.25) is 0 Å². The lowest BCUT2D eigenvalue weighted by atomic mass is 10.2. The number of likely N-dealkylation sites (N-methyl/N-ethyl adjacent to an activating group) is 1. The molecule has 0 aliphatic rings. The summed E-state index contributed by atoms with van der Waals surface area (Å²) in [5.74, 6) is 0.776. The average molecular weight is 238 g/mol. The maximum atomic E-state index is 5.97. The predicted molar refractivity (Wildman–Crippen MR) is 71.8 cm³/mol. The van der Waals surface area contributed by atoms with Crippen LogP contribution in [0.25, 0.3) is 0 Å². The van der Waals surface area contributed by atoms with E-state index in [9.17, 15) is 0 Å². The second-order valence-electron chi connectivity index (χ2n) is 4.27. The van der Waals surface area contributed by atoms with E-state index in [2.05, 4.69) is 4.90 Å². The first kappa shape index (κ1) is 13.6. The van der Waals surface area contributed by atoms with Gasteiger partial charge in [-0.1, -0.05) is 0 Å². The summed E-state index contributed by atoms with van der Waals surface area (Å²) in [5.41, 5.74) is 7.68. The number of anilines is 2. The summed E-state index contributed by atoms with van der Waals surface area (Å²) in [6, 6.07) is 5.70. The maximum absolute atomic E-state index is 5.97. The van der Waals surface area contributed by atoms with E-state index in [0.29, 0.717) is 6.61 Å². The summed E-state index contributed by atoms with van der Waals surface area (Å²) >= 11 is 0. The molecule has 0 heterocycles. The van der Waals surface area contributed by atoms with E-state index in [4.69, 9.17) is 15.2 Å². The Bertz CT molecular complexity index is 353. The van der Waals surface area contributed by atoms with Crippen LogP contribution in [0.3, 0.4) is 0 Å². The number of methoxy groups -OCH3 is 1. The fourth-order valence-electron chi connectivity index (χ4n) is 1.55. The molecule has 4 heteroatoms. The Kier molecular flexibility index (Phi) is 5.10. The fourth-order valence-corrected chi connectivity index (χ4v) is 1.55. The van der Waals surface area contributed by atoms with Crippen LogP contribution in [0.1, 0.15) is 13.8 Å². The molecule has 0 unspecified atom stereocenters. The number of nitrogens with two attached hydrogens (primary N) is 1. The third-order valence-corrected chi connectivity index (χ3v) is 2.52. The second kappa shape index (κ2) is 6.35. The number of hydrogen-bond acceptors (Lipinski definition) is 4. The van der Waals surface area contributed by atoms with Crippen molar-refractivity contribution in [2.24, 2.45) is 0 Å². The third kappa shape index (κ3) is 4.15. The van der Waals surface area contributed by atoms with Gasteiger partial charge < -0.3 is 20.1 Å². The smallest absolute Gasteiger partial charge is 0.121 e. The first-order valence-corrected chi connectivity index (χ1v) is 5.81. The highest BCUT2D eigenvalue weighted by molar-refractivity contribution is 5.69. The van der Waals surface area contributed by atoms with Gasteiger partial charge in [0.05, 0.1) is 31.2 Å². The number of rotatable bonds is 6. The fraction of sp³-hybridized carbons (Fsp3) is 0.538. The molecule has 0 saturated carbocycles. The van der Waals surface area contributed by atoms with E-state index in [1.807, 2.05) is 39.1 Å². The van der Waals surface area contributed by atoms with Gasteiger partial charge in [-0.2, -0.15) is 0 Å². The van der Waals surface area contributed by atoms with Gasteiger partial charge in [0.15, 0.2) is 0 Å². The van der Waals surface area contributed by atoms with Crippen LogP contribution in [0.5, 0.6) is 5.75 Å². The first-order valence-electron chi connectivity index (χ1n) is 5.81. The number of nitrogen functional groups attached to an aromatic ring is 1. The maximum Gasteiger partial charge on any atom is 0.121 e. The Morgan fingerprint density at radius 1 is 1.35 bits per heavy atom. The lowest BCUT2D eigenvalue weighted by Crippen LogP contribution is -2.24. The van der Waals surface area contributed by atoms with E-state index in [1.165, 1.54) is 0 Å². The van der Waals surface area contributed by atoms with Crippen molar-refractivity contribution >= 4 is 11.4 Å². The number of hydrogen-bond donors (Lipinski definition) is 1. The van der Waals surface area contributed by atoms with Gasteiger partial charge in [0.1, 0.15) is 5.75 Å². The van der Waals surface area contributed by atoms with E-state index in [1.54, 1.807) is 7.11 Å². The van der Waals surface area contributed by atoms with E-state index < -0.39 is 0 Å². The molecule has 0 bridgehead atoms. The molecule has 0 amide bonds. The Labute approximate surface area is 103 Å². The second-order valence-corrected chi connectivity index (χ2v) is 4.27. The minimum absolute atomic E-state index is 0.261. The van der Waals surface area contributed by atoms with Gasteiger partial charge in [0.2, 0.25) is 0 Å². The van der Waals surface area contributed by atoms with E-state index in [-0.39, 0.29) is 6.10 Å². The highest BCUT2D eigenvalue weighted by Crippen LogP contribution is 2.26. The van der Waals surface area contributed by atoms with Crippen molar-refractivity contribution in [1.29, 1.82) is 0 Å². The molecule has 0 spiro atoms. The van der Waals surface area contributed by atoms with Crippen LogP contribution in [-0.4, -0.2) is 33.4 Å². The zero-order valence-corrected chi connectivity index (χ0v) is 11.1. The van der Waals surface area contributed by atoms with Crippen molar-refractivity contribution in [3.8, 4) is 5.75 Å². The molecule has 96 valence electrons. The lowest BCUT2D eigenvalue weighted by Gasteiger charge is -2.22. The van der Waals surface area contributed by atoms with Crippen molar-refractivity contribution in [3.05, 3.63) is 18.2 Å². The van der Waals surface area contributed by atoms with Gasteiger partial charge in [-0.25, -0.2) is 0 Å². The van der Waals surface area contributed by atoms with Crippen LogP contribution in [0.4, 0.5) is 11.4 Å². The highest BCUT2D eigenvalue weighted by atomic mass is 16.5. The molecule has 1 aromatic rings. The Morgan fingerprint density at radius 2 is 2.06 bits per heavy atom. The molecule has 2 N–H and O–H groups in total. The zero-order chi connectivity index (χ0) is 12.8. The van der Waals surface area contributed by atoms with Crippen molar-refractivity contribution in [2.45, 2.75) is 20.0 Å². The highest BCUT2D eigenvalue weighted by Gasteiger charge is 2.06. The molecule has 4 nitrogen and oxygen atoms in total. The van der Waals surface area contributed by atoms with Crippen molar-refractivity contribution < 1.29 is 9.47 Å². The average Bonchev–Trinajstić information content (AvgIpc) is 2.28. The normalized spacial score (nSPS) is 10.6. The van der Waals surface area contributed by atoms with Gasteiger partial charge in [-0.3, -0.25) is 0 Å². The van der Waals surface area contributed by atoms with E-state index >= 15 is 0 Å². The Balaban J connectivity index is 2.59. The summed E-state index contributed by atoms with van der Waals surface area (Å²) in [7, 11) is 3.64. The van der Waals surface area contributed by atoms with Crippen molar-refractivity contribution in [3.63, 3.8) is 0 Å². The molecule has 0 saturated heterocycles. The molecular formula is C13H22N2O2. The van der Waals surface area contributed by atoms with Crippen LogP contribution in [0.15, 0.2) is 18.2 Å². The summed E-state index contributed by atoms with van der Waals surface area (Å²) < 4.78 is 10.6. The molecular weight excluding hydrogens is 216 g/mol. The molecule has 17 heavy (non-hydrogen) atoms. The molecule has 1 aromatic carbocycles. The summed E-state index contributed by atoms with van der Waals surface area (Å²) in [4.78, 5) is 2.08. The molecule has 0 atom stereocenters. The summed E-state index contributed by atoms with van der Waals surface area (Å²) in [6.07, 6.45) is 0.261. The number of nitrogens with zero attached hydrogens (tertiary/aromatic N) is 1. The van der Waals surface area contributed by atoms with Crippen LogP contribution < -0.4 is 15.4 Å². The molecule has 1 rings (SSSR count). The minimum atomic E-state index is 0.261. The third-order valence-electron chi connectivity index (χ3n) is 2.52. The van der Waals surface area contributed by atoms with Crippen LogP contribution in [0, 0.1) is 0 Å². The van der Waals surface area contributed by atoms with Gasteiger partial charge in [-0.15, -0.1) is 0 Å². The first-order chi connectivity index (χ1) is 8.04. The van der Waals surface area contributed by atoms with Gasteiger partial charge in [0, 0.05) is 19.7 Å². The minimum Gasteiger partial charge on any atom is -0.497 e. The molecule has 0 aliphatic carbocycles. The summed E-state index contributed by atoms with van der Waals surface area (Å²) in [5, 5.41) is 0. The topological polar surface area (TPSA) is 47.7 Å². The molecule has 0 radical (unpaired) electrons. The SMILES string of the molecule is COc1ccc(N(C)CCOC(C)C)c(N)c1. The quantitative estimate of drug-likeness (QED) is 0.771. The van der Waals surface area contributed by atoms with Gasteiger partial charge in [0.25, 0.3) is 0 Å². The van der Waals surface area contributed by atoms with Crippen LogP contribution >= 0.6 is 0 Å². The van der Waals surface area contributed by atoms with Crippen LogP contribution in [-0.2, 0) is 4.74 Å². The Morgan fingerprint density at radius 3 is 2.59 bits per heavy atom. The standard InChI is InChI=1S/C13H22N2O2/c1-10(2)17-8-7-15(3)13-6-5-11(16-4)9-12(13)14/h5-6,9-10H,7-8,14H2,1-4H3. The van der Waals surface area contributed by atoms with Gasteiger partial charge in [-0.05, 0) is 26.0 Å². The zero-order valence-electron chi connectivity index (χ0n) is 11.1. The molecule has 0 fully saturated rings. The van der Waals surface area contributed by atoms with Gasteiger partial charge >= 0.3 is 0 Å². The Hall–Kier alpha value is -1.42. The molecule has 0 aromatic heterocycles. The lowest BCUT2D eigenvalue weighted by molar-refractivity contribution is 0.0846. The molecule has 0 aliphatic heterocycles. The monoisotopic (exact) mass is 238 g/mol.